The summed E-state index contributed by atoms with van der Waals surface area (Å²) < 4.78 is 17.8. The Bertz CT molecular complexity index is 1330. The van der Waals surface area contributed by atoms with E-state index in [1.54, 1.807) is 14.0 Å². The van der Waals surface area contributed by atoms with Crippen LogP contribution in [0.25, 0.3) is 0 Å². The molecule has 0 spiro atoms. The number of ketones is 1. The summed E-state index contributed by atoms with van der Waals surface area (Å²) in [5, 5.41) is 49.1. The predicted molar refractivity (Wildman–Crippen MR) is 171 cm³/mol. The van der Waals surface area contributed by atoms with Crippen molar-refractivity contribution in [2.24, 2.45) is 52.3 Å². The van der Waals surface area contributed by atoms with Gasteiger partial charge < -0.3 is 34.6 Å². The topological polar surface area (TPSA) is 126 Å². The van der Waals surface area contributed by atoms with Gasteiger partial charge in [0.25, 0.3) is 0 Å². The van der Waals surface area contributed by atoms with Crippen LogP contribution >= 0.6 is 0 Å². The number of fused-ring (bicyclic) bond motifs is 4. The normalized spacial score (nSPS) is 54.3. The van der Waals surface area contributed by atoms with E-state index in [1.807, 2.05) is 13.8 Å². The van der Waals surface area contributed by atoms with Crippen molar-refractivity contribution in [3.8, 4) is 11.8 Å². The van der Waals surface area contributed by atoms with Crippen molar-refractivity contribution >= 4 is 5.78 Å². The third kappa shape index (κ3) is 4.34. The summed E-state index contributed by atoms with van der Waals surface area (Å²) in [5.41, 5.74) is -2.24. The molecule has 16 unspecified atom stereocenters. The molecular weight excluding hydrogens is 584 g/mol. The van der Waals surface area contributed by atoms with Crippen LogP contribution in [0.2, 0.25) is 0 Å². The quantitative estimate of drug-likeness (QED) is 0.264. The summed E-state index contributed by atoms with van der Waals surface area (Å²) in [6.07, 6.45) is 3.00. The van der Waals surface area contributed by atoms with E-state index in [1.165, 1.54) is 0 Å². The third-order valence-electron chi connectivity index (χ3n) is 15.1. The zero-order chi connectivity index (χ0) is 33.0. The number of hydrogen-bond donors (Lipinski definition) is 4. The molecule has 2 aliphatic heterocycles. The van der Waals surface area contributed by atoms with Crippen molar-refractivity contribution in [3.63, 3.8) is 0 Å². The van der Waals surface area contributed by atoms with Crippen molar-refractivity contribution in [3.05, 3.63) is 11.1 Å². The smallest absolute Gasteiger partial charge is 0.162 e. The van der Waals surface area contributed by atoms with E-state index in [0.717, 1.165) is 36.8 Å². The molecule has 7 aliphatic rings. The lowest BCUT2D eigenvalue weighted by molar-refractivity contribution is -0.216. The summed E-state index contributed by atoms with van der Waals surface area (Å²) in [4.78, 5) is 14.6. The number of ether oxygens (including phenoxy) is 3. The Hall–Kier alpha value is -1.31. The minimum Gasteiger partial charge on any atom is -0.387 e. The lowest BCUT2D eigenvalue weighted by atomic mass is 9.40. The van der Waals surface area contributed by atoms with E-state index in [9.17, 15) is 25.2 Å². The second-order valence-corrected chi connectivity index (χ2v) is 16.9. The van der Waals surface area contributed by atoms with Gasteiger partial charge in [0.15, 0.2) is 5.78 Å². The Kier molecular flexibility index (Phi) is 8.20. The molecule has 4 N–H and O–H groups in total. The van der Waals surface area contributed by atoms with Gasteiger partial charge in [0.05, 0.1) is 29.5 Å². The SMILES string of the molecule is COCCCOC1CCC2(C)C(C1)C(=O)C1=C3C2CC2CC#CC(O)C4OC(C(C)C4C)C(O)C(C)(O)C4CC(CC1)C3(O)C24C. The zero-order valence-electron chi connectivity index (χ0n) is 28.6. The summed E-state index contributed by atoms with van der Waals surface area (Å²) in [5.74, 6) is 5.70. The van der Waals surface area contributed by atoms with E-state index in [2.05, 4.69) is 25.7 Å². The summed E-state index contributed by atoms with van der Waals surface area (Å²) in [6, 6.07) is 0. The highest BCUT2D eigenvalue weighted by Gasteiger charge is 2.76. The van der Waals surface area contributed by atoms with Crippen LogP contribution in [-0.2, 0) is 19.0 Å². The van der Waals surface area contributed by atoms with Gasteiger partial charge in [-0.1, -0.05) is 33.6 Å². The molecule has 46 heavy (non-hydrogen) atoms. The van der Waals surface area contributed by atoms with E-state index in [-0.39, 0.29) is 52.8 Å². The van der Waals surface area contributed by atoms with E-state index in [4.69, 9.17) is 14.2 Å². The zero-order valence-corrected chi connectivity index (χ0v) is 28.6. The van der Waals surface area contributed by atoms with Crippen LogP contribution in [0.3, 0.4) is 0 Å². The Morgan fingerprint density at radius 3 is 2.43 bits per heavy atom. The van der Waals surface area contributed by atoms with Crippen LogP contribution < -0.4 is 0 Å². The van der Waals surface area contributed by atoms with Crippen molar-refractivity contribution < 1.29 is 39.4 Å². The van der Waals surface area contributed by atoms with Crippen LogP contribution in [-0.4, -0.2) is 88.3 Å². The molecule has 5 aliphatic carbocycles. The minimum atomic E-state index is -1.57. The second-order valence-electron chi connectivity index (χ2n) is 16.9. The maximum absolute atomic E-state index is 14.6. The lowest BCUT2D eigenvalue weighted by Crippen LogP contribution is -2.68. The molecule has 0 aromatic carbocycles. The molecule has 256 valence electrons. The number of carbonyl (C=O) groups is 1. The highest BCUT2D eigenvalue weighted by molar-refractivity contribution is 6.00. The minimum absolute atomic E-state index is 0.0262. The van der Waals surface area contributed by atoms with Crippen LogP contribution in [0.1, 0.15) is 92.4 Å². The first-order valence-electron chi connectivity index (χ1n) is 18.1. The molecule has 16 atom stereocenters. The highest BCUT2D eigenvalue weighted by atomic mass is 16.5. The van der Waals surface area contributed by atoms with Crippen LogP contribution in [0.5, 0.6) is 0 Å². The summed E-state index contributed by atoms with van der Waals surface area (Å²) >= 11 is 0. The van der Waals surface area contributed by atoms with Crippen molar-refractivity contribution in [1.29, 1.82) is 0 Å². The molecule has 8 nitrogen and oxygen atoms in total. The molecule has 2 heterocycles. The number of allylic oxidation sites excluding steroid dienone is 1. The summed E-state index contributed by atoms with van der Waals surface area (Å²) in [7, 11) is 1.70. The number of Topliss-reactive ketones (excluding diaryl/α,β-unsaturated/α-hetero) is 1. The molecule has 8 heteroatoms. The van der Waals surface area contributed by atoms with Crippen molar-refractivity contribution in [2.45, 2.75) is 134 Å². The molecule has 2 bridgehead atoms. The maximum atomic E-state index is 14.6. The monoisotopic (exact) mass is 640 g/mol. The van der Waals surface area contributed by atoms with Crippen LogP contribution in [0.4, 0.5) is 0 Å². The lowest BCUT2D eigenvalue weighted by Gasteiger charge is -2.65. The van der Waals surface area contributed by atoms with Gasteiger partial charge in [0, 0.05) is 38.1 Å². The van der Waals surface area contributed by atoms with E-state index in [0.29, 0.717) is 45.3 Å². The van der Waals surface area contributed by atoms with Gasteiger partial charge in [-0.05, 0) is 110 Å². The Morgan fingerprint density at radius 2 is 1.70 bits per heavy atom. The fourth-order valence-corrected chi connectivity index (χ4v) is 12.2. The molecule has 1 saturated heterocycles. The Morgan fingerprint density at radius 1 is 0.957 bits per heavy atom. The summed E-state index contributed by atoms with van der Waals surface area (Å²) in [6.45, 7) is 11.4. The number of aliphatic hydroxyl groups is 4. The van der Waals surface area contributed by atoms with Gasteiger partial charge in [-0.2, -0.15) is 0 Å². The molecule has 0 amide bonds. The first-order valence-corrected chi connectivity index (χ1v) is 18.1. The largest absolute Gasteiger partial charge is 0.387 e. The molecule has 3 saturated carbocycles. The number of rotatable bonds is 5. The first-order chi connectivity index (χ1) is 21.7. The molecule has 0 aromatic heterocycles. The molecule has 0 aromatic rings. The van der Waals surface area contributed by atoms with Gasteiger partial charge in [0.2, 0.25) is 0 Å². The second kappa shape index (κ2) is 11.4. The average Bonchev–Trinajstić information content (AvgIpc) is 3.45. The van der Waals surface area contributed by atoms with E-state index < -0.39 is 47.0 Å². The molecule has 0 radical (unpaired) electrons. The fraction of sp³-hybridized carbons (Fsp3) is 0.868. The van der Waals surface area contributed by atoms with Gasteiger partial charge in [-0.25, -0.2) is 0 Å². The Labute approximate surface area is 274 Å². The van der Waals surface area contributed by atoms with E-state index >= 15 is 0 Å². The fourth-order valence-electron chi connectivity index (χ4n) is 12.2. The Balaban J connectivity index is 1.32. The maximum Gasteiger partial charge on any atom is 0.162 e. The molecular formula is C38H56O8. The predicted octanol–water partition coefficient (Wildman–Crippen LogP) is 3.82. The van der Waals surface area contributed by atoms with Gasteiger partial charge in [-0.15, -0.1) is 5.92 Å². The number of hydrogen-bond acceptors (Lipinski definition) is 8. The van der Waals surface area contributed by atoms with Gasteiger partial charge >= 0.3 is 0 Å². The van der Waals surface area contributed by atoms with Gasteiger partial charge in [-0.3, -0.25) is 4.79 Å². The number of aliphatic hydroxyl groups excluding tert-OH is 2. The highest BCUT2D eigenvalue weighted by Crippen LogP contribution is 2.75. The van der Waals surface area contributed by atoms with Crippen LogP contribution in [0.15, 0.2) is 11.1 Å². The number of methoxy groups -OCH3 is 1. The average molecular weight is 641 g/mol. The van der Waals surface area contributed by atoms with Gasteiger partial charge in [0.1, 0.15) is 12.2 Å². The number of carbonyl (C=O) groups excluding carboxylic acids is 1. The molecule has 4 fully saturated rings. The third-order valence-corrected chi connectivity index (χ3v) is 15.1. The van der Waals surface area contributed by atoms with Crippen LogP contribution in [0, 0.1) is 64.1 Å². The first kappa shape index (κ1) is 33.2. The van der Waals surface area contributed by atoms with Crippen molar-refractivity contribution in [1.82, 2.24) is 0 Å². The molecule has 7 rings (SSSR count). The standard InChI is InChI=1S/C38H56O8/c1-20-21(2)33-34(41)37(5,42)29-18-23-11-12-25-30-26(35(3)14-13-24(19-27(35)31(25)40)45-16-8-15-44-6)17-22(36(29,4)38(23,30)43)9-7-10-28(39)32(20)46-33/h20-24,26-29,32-34,39,41-43H,8-9,11-19H2,1-6H3. The van der Waals surface area contributed by atoms with Crippen molar-refractivity contribution in [2.75, 3.05) is 20.3 Å².